The molecular formula is C11H15NO4S. The van der Waals surface area contributed by atoms with Gasteiger partial charge in [-0.2, -0.15) is 0 Å². The van der Waals surface area contributed by atoms with E-state index in [1.165, 1.54) is 13.2 Å². The highest BCUT2D eigenvalue weighted by molar-refractivity contribution is 7.84. The normalized spacial score (nSPS) is 11.9. The number of methoxy groups -OCH3 is 1. The van der Waals surface area contributed by atoms with Gasteiger partial charge in [-0.25, -0.2) is 4.79 Å². The van der Waals surface area contributed by atoms with Crippen LogP contribution in [0.2, 0.25) is 0 Å². The summed E-state index contributed by atoms with van der Waals surface area (Å²) in [5.41, 5.74) is 0.648. The number of rotatable bonds is 6. The summed E-state index contributed by atoms with van der Waals surface area (Å²) in [4.78, 5) is 11.0. The molecule has 0 heterocycles. The highest BCUT2D eigenvalue weighted by Gasteiger charge is 2.10. The Balaban J connectivity index is 2.85. The van der Waals surface area contributed by atoms with E-state index in [1.807, 2.05) is 0 Å². The van der Waals surface area contributed by atoms with Gasteiger partial charge in [0, 0.05) is 35.4 Å². The summed E-state index contributed by atoms with van der Waals surface area (Å²) in [5.74, 6) is 0.0406. The number of anilines is 1. The number of hydrogen-bond donors (Lipinski definition) is 2. The lowest BCUT2D eigenvalue weighted by Gasteiger charge is -2.10. The molecule has 0 amide bonds. The number of carbonyl (C=O) groups is 1. The molecule has 5 nitrogen and oxygen atoms in total. The van der Waals surface area contributed by atoms with Crippen molar-refractivity contribution in [3.63, 3.8) is 0 Å². The Morgan fingerprint density at radius 1 is 1.53 bits per heavy atom. The topological polar surface area (TPSA) is 75.6 Å². The van der Waals surface area contributed by atoms with Crippen molar-refractivity contribution in [3.8, 4) is 5.75 Å². The maximum absolute atomic E-state index is 11.0. The molecule has 1 unspecified atom stereocenters. The number of aromatic carboxylic acids is 1. The van der Waals surface area contributed by atoms with Crippen molar-refractivity contribution in [2.24, 2.45) is 0 Å². The zero-order chi connectivity index (χ0) is 12.8. The lowest BCUT2D eigenvalue weighted by Crippen LogP contribution is -2.12. The Morgan fingerprint density at radius 2 is 2.24 bits per heavy atom. The van der Waals surface area contributed by atoms with Gasteiger partial charge in [-0.3, -0.25) is 4.21 Å². The third-order valence-electron chi connectivity index (χ3n) is 2.16. The molecule has 0 aromatic heterocycles. The largest absolute Gasteiger partial charge is 0.497 e. The fourth-order valence-electron chi connectivity index (χ4n) is 1.31. The highest BCUT2D eigenvalue weighted by atomic mass is 32.2. The molecule has 17 heavy (non-hydrogen) atoms. The molecule has 0 aliphatic rings. The van der Waals surface area contributed by atoms with Crippen molar-refractivity contribution in [2.75, 3.05) is 31.0 Å². The average Bonchev–Trinajstić information content (AvgIpc) is 2.28. The molecule has 0 bridgehead atoms. The van der Waals surface area contributed by atoms with E-state index in [4.69, 9.17) is 9.84 Å². The maximum Gasteiger partial charge on any atom is 0.337 e. The molecule has 6 heteroatoms. The summed E-state index contributed by atoms with van der Waals surface area (Å²) >= 11 is 0. The second-order valence-corrected chi connectivity index (χ2v) is 4.98. The number of nitrogens with one attached hydrogen (secondary N) is 1. The van der Waals surface area contributed by atoms with Gasteiger partial charge in [-0.05, 0) is 12.1 Å². The molecule has 0 saturated carbocycles. The molecule has 2 N–H and O–H groups in total. The molecule has 1 aromatic rings. The van der Waals surface area contributed by atoms with E-state index >= 15 is 0 Å². The molecule has 1 rings (SSSR count). The predicted octanol–water partition coefficient (Wildman–Crippen LogP) is 1.18. The first kappa shape index (κ1) is 13.5. The van der Waals surface area contributed by atoms with Crippen LogP contribution < -0.4 is 10.1 Å². The number of benzene rings is 1. The lowest BCUT2D eigenvalue weighted by atomic mass is 10.1. The quantitative estimate of drug-likeness (QED) is 0.800. The first-order valence-electron chi connectivity index (χ1n) is 5.00. The molecule has 0 saturated heterocycles. The lowest BCUT2D eigenvalue weighted by molar-refractivity contribution is 0.0698. The van der Waals surface area contributed by atoms with Crippen molar-refractivity contribution < 1.29 is 18.8 Å². The molecule has 1 aromatic carbocycles. The molecule has 0 aliphatic heterocycles. The van der Waals surface area contributed by atoms with Gasteiger partial charge in [0.1, 0.15) is 5.75 Å². The Morgan fingerprint density at radius 3 is 2.76 bits per heavy atom. The zero-order valence-electron chi connectivity index (χ0n) is 9.73. The summed E-state index contributed by atoms with van der Waals surface area (Å²) in [6, 6.07) is 4.68. The number of carboxylic acid groups (broad SMARTS) is 1. The van der Waals surface area contributed by atoms with E-state index in [0.717, 1.165) is 0 Å². The van der Waals surface area contributed by atoms with Crippen LogP contribution in [-0.2, 0) is 10.8 Å². The van der Waals surface area contributed by atoms with Crippen molar-refractivity contribution in [1.82, 2.24) is 0 Å². The van der Waals surface area contributed by atoms with Crippen molar-refractivity contribution >= 4 is 22.5 Å². The van der Waals surface area contributed by atoms with Crippen LogP contribution in [0.15, 0.2) is 18.2 Å². The summed E-state index contributed by atoms with van der Waals surface area (Å²) < 4.78 is 15.9. The number of hydrogen-bond acceptors (Lipinski definition) is 4. The van der Waals surface area contributed by atoms with Gasteiger partial charge in [-0.15, -0.1) is 0 Å². The first-order valence-corrected chi connectivity index (χ1v) is 6.72. The standard InChI is InChI=1S/C11H15NO4S/c1-16-8-3-4-9(11(13)14)10(7-8)12-5-6-17(2)15/h3-4,7,12H,5-6H2,1-2H3,(H,13,14). The van der Waals surface area contributed by atoms with Gasteiger partial charge in [-0.1, -0.05) is 0 Å². The Labute approximate surface area is 102 Å². The van der Waals surface area contributed by atoms with Crippen LogP contribution in [0.5, 0.6) is 5.75 Å². The van der Waals surface area contributed by atoms with E-state index < -0.39 is 16.8 Å². The van der Waals surface area contributed by atoms with Gasteiger partial charge in [0.15, 0.2) is 0 Å². The molecule has 0 aliphatic carbocycles. The first-order chi connectivity index (χ1) is 8.04. The molecule has 0 fully saturated rings. The smallest absolute Gasteiger partial charge is 0.337 e. The zero-order valence-corrected chi connectivity index (χ0v) is 10.5. The van der Waals surface area contributed by atoms with Crippen LogP contribution in [0.1, 0.15) is 10.4 Å². The number of ether oxygens (including phenoxy) is 1. The van der Waals surface area contributed by atoms with Crippen LogP contribution in [-0.4, -0.2) is 40.9 Å². The van der Waals surface area contributed by atoms with Crippen LogP contribution >= 0.6 is 0 Å². The summed E-state index contributed by atoms with van der Waals surface area (Å²) in [6.07, 6.45) is 1.60. The summed E-state index contributed by atoms with van der Waals surface area (Å²) in [7, 11) is 0.610. The van der Waals surface area contributed by atoms with Crippen molar-refractivity contribution in [3.05, 3.63) is 23.8 Å². The van der Waals surface area contributed by atoms with Crippen LogP contribution in [0.4, 0.5) is 5.69 Å². The van der Waals surface area contributed by atoms with E-state index in [1.54, 1.807) is 18.4 Å². The summed E-state index contributed by atoms with van der Waals surface area (Å²) in [5, 5.41) is 11.9. The minimum absolute atomic E-state index is 0.174. The molecule has 94 valence electrons. The van der Waals surface area contributed by atoms with Gasteiger partial charge in [0.25, 0.3) is 0 Å². The van der Waals surface area contributed by atoms with Crippen molar-refractivity contribution in [2.45, 2.75) is 0 Å². The molecule has 0 radical (unpaired) electrons. The van der Waals surface area contributed by atoms with E-state index in [-0.39, 0.29) is 5.56 Å². The fraction of sp³-hybridized carbons (Fsp3) is 0.364. The maximum atomic E-state index is 11.0. The highest BCUT2D eigenvalue weighted by Crippen LogP contribution is 2.22. The monoisotopic (exact) mass is 257 g/mol. The van der Waals surface area contributed by atoms with Gasteiger partial charge in [0.2, 0.25) is 0 Å². The Bertz CT molecular complexity index is 433. The fourth-order valence-corrected chi connectivity index (χ4v) is 1.70. The second-order valence-electron chi connectivity index (χ2n) is 3.42. The minimum Gasteiger partial charge on any atom is -0.497 e. The molecular weight excluding hydrogens is 242 g/mol. The predicted molar refractivity (Wildman–Crippen MR) is 67.4 cm³/mol. The number of carboxylic acids is 1. The van der Waals surface area contributed by atoms with E-state index in [9.17, 15) is 9.00 Å². The minimum atomic E-state index is -1.01. The molecule has 0 spiro atoms. The third-order valence-corrected chi connectivity index (χ3v) is 2.94. The third kappa shape index (κ3) is 4.07. The summed E-state index contributed by atoms with van der Waals surface area (Å²) in [6.45, 7) is 0.455. The van der Waals surface area contributed by atoms with Gasteiger partial charge >= 0.3 is 5.97 Å². The van der Waals surface area contributed by atoms with Crippen molar-refractivity contribution in [1.29, 1.82) is 0 Å². The Hall–Kier alpha value is -1.56. The van der Waals surface area contributed by atoms with Crippen LogP contribution in [0.3, 0.4) is 0 Å². The van der Waals surface area contributed by atoms with Crippen LogP contribution in [0.25, 0.3) is 0 Å². The van der Waals surface area contributed by atoms with Gasteiger partial charge < -0.3 is 15.2 Å². The SMILES string of the molecule is COc1ccc(C(=O)O)c(NCCS(C)=O)c1. The van der Waals surface area contributed by atoms with E-state index in [0.29, 0.717) is 23.7 Å². The average molecular weight is 257 g/mol. The van der Waals surface area contributed by atoms with Crippen LogP contribution in [0, 0.1) is 0 Å². The van der Waals surface area contributed by atoms with Gasteiger partial charge in [0.05, 0.1) is 18.4 Å². The Kier molecular flexibility index (Phi) is 4.96. The molecule has 1 atom stereocenters. The van der Waals surface area contributed by atoms with E-state index in [2.05, 4.69) is 5.32 Å². The second kappa shape index (κ2) is 6.24.